The largest absolute Gasteiger partial charge is 0.497 e. The number of nitrogens with zero attached hydrogens (tertiary/aromatic N) is 2. The minimum atomic E-state index is -4.43. The van der Waals surface area contributed by atoms with E-state index >= 15 is 0 Å². The van der Waals surface area contributed by atoms with E-state index < -0.39 is 11.7 Å². The number of amides is 1. The van der Waals surface area contributed by atoms with Gasteiger partial charge in [0.15, 0.2) is 6.10 Å². The molecular weight excluding hydrogens is 421 g/mol. The van der Waals surface area contributed by atoms with Gasteiger partial charge in [-0.05, 0) is 53.4 Å². The standard InChI is InChI=1S/C24H27F3N2O3/c1-16(2)11-23(30)29(14-17-5-4-6-19(12-17)24(25,26)27)15-21-13-22(28-32-21)18-7-9-20(31-3)10-8-18/h4-10,12,16,21H,11,13-15H2,1-3H3/t21-/m1/s1. The number of rotatable bonds is 8. The Morgan fingerprint density at radius 2 is 1.94 bits per heavy atom. The van der Waals surface area contributed by atoms with Gasteiger partial charge in [-0.15, -0.1) is 0 Å². The van der Waals surface area contributed by atoms with Crippen molar-refractivity contribution >= 4 is 11.6 Å². The first-order valence-corrected chi connectivity index (χ1v) is 10.5. The van der Waals surface area contributed by atoms with Gasteiger partial charge in [0.05, 0.1) is 24.9 Å². The highest BCUT2D eigenvalue weighted by Crippen LogP contribution is 2.30. The molecule has 0 aromatic heterocycles. The topological polar surface area (TPSA) is 51.1 Å². The molecule has 0 aliphatic carbocycles. The third-order valence-corrected chi connectivity index (χ3v) is 5.14. The van der Waals surface area contributed by atoms with E-state index in [1.807, 2.05) is 38.1 Å². The van der Waals surface area contributed by atoms with Gasteiger partial charge in [-0.1, -0.05) is 31.1 Å². The maximum Gasteiger partial charge on any atom is 0.416 e. The fourth-order valence-corrected chi connectivity index (χ4v) is 3.53. The van der Waals surface area contributed by atoms with Crippen molar-refractivity contribution in [1.29, 1.82) is 0 Å². The monoisotopic (exact) mass is 448 g/mol. The molecule has 1 aliphatic heterocycles. The summed E-state index contributed by atoms with van der Waals surface area (Å²) < 4.78 is 44.4. The summed E-state index contributed by atoms with van der Waals surface area (Å²) in [7, 11) is 1.59. The van der Waals surface area contributed by atoms with Crippen LogP contribution < -0.4 is 4.74 Å². The maximum atomic E-state index is 13.1. The molecule has 0 radical (unpaired) electrons. The number of halogens is 3. The average molecular weight is 448 g/mol. The first-order chi connectivity index (χ1) is 15.2. The molecule has 2 aromatic rings. The van der Waals surface area contributed by atoms with E-state index in [0.717, 1.165) is 29.2 Å². The number of carbonyl (C=O) groups is 1. The van der Waals surface area contributed by atoms with Crippen LogP contribution in [0.4, 0.5) is 13.2 Å². The predicted octanol–water partition coefficient (Wildman–Crippen LogP) is 5.28. The number of methoxy groups -OCH3 is 1. The molecular formula is C24H27F3N2O3. The van der Waals surface area contributed by atoms with Gasteiger partial charge in [0.25, 0.3) is 0 Å². The zero-order chi connectivity index (χ0) is 23.3. The van der Waals surface area contributed by atoms with Crippen LogP contribution in [0.5, 0.6) is 5.75 Å². The lowest BCUT2D eigenvalue weighted by Crippen LogP contribution is -2.37. The molecule has 8 heteroatoms. The van der Waals surface area contributed by atoms with Crippen LogP contribution in [0.3, 0.4) is 0 Å². The van der Waals surface area contributed by atoms with Gasteiger partial charge in [-0.3, -0.25) is 4.79 Å². The maximum absolute atomic E-state index is 13.1. The highest BCUT2D eigenvalue weighted by atomic mass is 19.4. The van der Waals surface area contributed by atoms with Crippen molar-refractivity contribution in [3.05, 3.63) is 65.2 Å². The third-order valence-electron chi connectivity index (χ3n) is 5.14. The summed E-state index contributed by atoms with van der Waals surface area (Å²) >= 11 is 0. The summed E-state index contributed by atoms with van der Waals surface area (Å²) in [5, 5.41) is 4.16. The molecule has 0 saturated heterocycles. The summed E-state index contributed by atoms with van der Waals surface area (Å²) in [6.45, 7) is 4.17. The van der Waals surface area contributed by atoms with Crippen LogP contribution in [0, 0.1) is 5.92 Å². The van der Waals surface area contributed by atoms with E-state index in [2.05, 4.69) is 5.16 Å². The fourth-order valence-electron chi connectivity index (χ4n) is 3.53. The number of alkyl halides is 3. The van der Waals surface area contributed by atoms with Crippen molar-refractivity contribution in [1.82, 2.24) is 4.90 Å². The Labute approximate surface area is 185 Å². The van der Waals surface area contributed by atoms with Crippen molar-refractivity contribution in [3.8, 4) is 5.75 Å². The van der Waals surface area contributed by atoms with Crippen LogP contribution in [0.25, 0.3) is 0 Å². The van der Waals surface area contributed by atoms with Crippen molar-refractivity contribution in [2.45, 2.75) is 45.5 Å². The minimum absolute atomic E-state index is 0.0766. The van der Waals surface area contributed by atoms with E-state index in [-0.39, 0.29) is 31.0 Å². The second-order valence-electron chi connectivity index (χ2n) is 8.27. The van der Waals surface area contributed by atoms with Crippen LogP contribution in [0.2, 0.25) is 0 Å². The van der Waals surface area contributed by atoms with E-state index in [1.165, 1.54) is 6.07 Å². The van der Waals surface area contributed by atoms with Gasteiger partial charge in [0.1, 0.15) is 5.75 Å². The predicted molar refractivity (Wildman–Crippen MR) is 115 cm³/mol. The van der Waals surface area contributed by atoms with Crippen LogP contribution in [-0.2, 0) is 22.4 Å². The second kappa shape index (κ2) is 10.1. The molecule has 1 amide bonds. The van der Waals surface area contributed by atoms with Gasteiger partial charge >= 0.3 is 6.18 Å². The lowest BCUT2D eigenvalue weighted by molar-refractivity contribution is -0.137. The van der Waals surface area contributed by atoms with E-state index in [4.69, 9.17) is 9.57 Å². The number of oxime groups is 1. The quantitative estimate of drug-likeness (QED) is 0.552. The molecule has 1 atom stereocenters. The molecule has 0 spiro atoms. The Kier molecular flexibility index (Phi) is 7.43. The molecule has 0 unspecified atom stereocenters. The van der Waals surface area contributed by atoms with Crippen LogP contribution >= 0.6 is 0 Å². The highest BCUT2D eigenvalue weighted by molar-refractivity contribution is 6.01. The average Bonchev–Trinajstić information content (AvgIpc) is 3.21. The molecule has 1 aliphatic rings. The van der Waals surface area contributed by atoms with Crippen molar-refractivity contribution < 1.29 is 27.5 Å². The molecule has 172 valence electrons. The van der Waals surface area contributed by atoms with Crippen LogP contribution in [-0.4, -0.2) is 36.3 Å². The SMILES string of the molecule is COc1ccc(C2=NO[C@@H](CN(Cc3cccc(C(F)(F)F)c3)C(=O)CC(C)C)C2)cc1. The number of benzene rings is 2. The zero-order valence-corrected chi connectivity index (χ0v) is 18.4. The number of carbonyl (C=O) groups excluding carboxylic acids is 1. The number of hydrogen-bond acceptors (Lipinski definition) is 4. The normalized spacial score (nSPS) is 16.0. The first-order valence-electron chi connectivity index (χ1n) is 10.5. The molecule has 0 bridgehead atoms. The van der Waals surface area contributed by atoms with E-state index in [0.29, 0.717) is 18.4 Å². The molecule has 2 aromatic carbocycles. The summed E-state index contributed by atoms with van der Waals surface area (Å²) in [4.78, 5) is 20.0. The first kappa shape index (κ1) is 23.6. The molecule has 0 N–H and O–H groups in total. The van der Waals surface area contributed by atoms with Crippen molar-refractivity contribution in [3.63, 3.8) is 0 Å². The lowest BCUT2D eigenvalue weighted by Gasteiger charge is -2.26. The Hall–Kier alpha value is -3.03. The molecule has 0 fully saturated rings. The van der Waals surface area contributed by atoms with E-state index in [9.17, 15) is 18.0 Å². The lowest BCUT2D eigenvalue weighted by atomic mass is 10.0. The Balaban J connectivity index is 1.71. The van der Waals surface area contributed by atoms with Crippen LogP contribution in [0.1, 0.15) is 43.4 Å². The van der Waals surface area contributed by atoms with Gasteiger partial charge in [-0.25, -0.2) is 0 Å². The third kappa shape index (κ3) is 6.24. The summed E-state index contributed by atoms with van der Waals surface area (Å²) in [5.41, 5.74) is 1.35. The van der Waals surface area contributed by atoms with Crippen molar-refractivity contribution in [2.24, 2.45) is 11.1 Å². The van der Waals surface area contributed by atoms with Gasteiger partial charge in [-0.2, -0.15) is 13.2 Å². The molecule has 0 saturated carbocycles. The summed E-state index contributed by atoms with van der Waals surface area (Å²) in [6, 6.07) is 12.5. The molecule has 1 heterocycles. The zero-order valence-electron chi connectivity index (χ0n) is 18.4. The smallest absolute Gasteiger partial charge is 0.416 e. The summed E-state index contributed by atoms with van der Waals surface area (Å²) in [6.07, 6.45) is -3.99. The summed E-state index contributed by atoms with van der Waals surface area (Å²) in [5.74, 6) is 0.734. The Morgan fingerprint density at radius 3 is 2.56 bits per heavy atom. The van der Waals surface area contributed by atoms with Gasteiger partial charge in [0.2, 0.25) is 5.91 Å². The highest BCUT2D eigenvalue weighted by Gasteiger charge is 2.31. The Bertz CT molecular complexity index is 956. The number of ether oxygens (including phenoxy) is 1. The number of hydrogen-bond donors (Lipinski definition) is 0. The van der Waals surface area contributed by atoms with E-state index in [1.54, 1.807) is 18.1 Å². The second-order valence-corrected chi connectivity index (χ2v) is 8.27. The van der Waals surface area contributed by atoms with Crippen LogP contribution in [0.15, 0.2) is 53.7 Å². The van der Waals surface area contributed by atoms with Crippen molar-refractivity contribution in [2.75, 3.05) is 13.7 Å². The Morgan fingerprint density at radius 1 is 1.22 bits per heavy atom. The molecule has 5 nitrogen and oxygen atoms in total. The fraction of sp³-hybridized carbons (Fsp3) is 0.417. The molecule has 3 rings (SSSR count). The minimum Gasteiger partial charge on any atom is -0.497 e. The van der Waals surface area contributed by atoms with Gasteiger partial charge < -0.3 is 14.5 Å². The van der Waals surface area contributed by atoms with Gasteiger partial charge in [0, 0.05) is 19.4 Å². The molecule has 32 heavy (non-hydrogen) atoms.